The fourth-order valence-corrected chi connectivity index (χ4v) is 4.16. The van der Waals surface area contributed by atoms with Crippen LogP contribution in [-0.2, 0) is 10.0 Å². The number of sulfonamides is 1. The summed E-state index contributed by atoms with van der Waals surface area (Å²) in [4.78, 5) is 13.1. The van der Waals surface area contributed by atoms with Crippen molar-refractivity contribution in [3.05, 3.63) is 96.1 Å². The van der Waals surface area contributed by atoms with E-state index in [4.69, 9.17) is 0 Å². The van der Waals surface area contributed by atoms with Crippen LogP contribution in [0.2, 0.25) is 0 Å². The van der Waals surface area contributed by atoms with Crippen molar-refractivity contribution in [1.82, 2.24) is 5.32 Å². The zero-order valence-electron chi connectivity index (χ0n) is 15.7. The Hall–Kier alpha value is -3.12. The van der Waals surface area contributed by atoms with Gasteiger partial charge in [0, 0.05) is 7.05 Å². The molecule has 0 aliphatic heterocycles. The van der Waals surface area contributed by atoms with Crippen molar-refractivity contribution in [2.24, 2.45) is 0 Å². The zero-order valence-corrected chi connectivity index (χ0v) is 16.6. The number of carbonyl (C=O) groups is 1. The second-order valence-electron chi connectivity index (χ2n) is 6.41. The van der Waals surface area contributed by atoms with E-state index in [-0.39, 0.29) is 16.8 Å². The summed E-state index contributed by atoms with van der Waals surface area (Å²) in [6.07, 6.45) is 0. The third kappa shape index (κ3) is 4.07. The predicted molar refractivity (Wildman–Crippen MR) is 111 cm³/mol. The molecule has 1 atom stereocenters. The highest BCUT2D eigenvalue weighted by molar-refractivity contribution is 7.92. The first-order valence-corrected chi connectivity index (χ1v) is 10.3. The lowest BCUT2D eigenvalue weighted by atomic mass is 10.1. The van der Waals surface area contributed by atoms with Crippen molar-refractivity contribution in [1.29, 1.82) is 0 Å². The summed E-state index contributed by atoms with van der Waals surface area (Å²) in [5, 5.41) is 2.94. The van der Waals surface area contributed by atoms with Crippen LogP contribution in [0, 0.1) is 0 Å². The van der Waals surface area contributed by atoms with E-state index < -0.39 is 10.0 Å². The van der Waals surface area contributed by atoms with Gasteiger partial charge in [0.2, 0.25) is 0 Å². The summed E-state index contributed by atoms with van der Waals surface area (Å²) >= 11 is 0. The van der Waals surface area contributed by atoms with Gasteiger partial charge < -0.3 is 5.32 Å². The Morgan fingerprint density at radius 3 is 2.04 bits per heavy atom. The average molecular weight is 394 g/mol. The smallest absolute Gasteiger partial charge is 0.264 e. The summed E-state index contributed by atoms with van der Waals surface area (Å²) in [5.74, 6) is -0.331. The predicted octanol–water partition coefficient (Wildman–Crippen LogP) is 4.00. The number of nitrogens with one attached hydrogen (secondary N) is 1. The van der Waals surface area contributed by atoms with Gasteiger partial charge in [-0.3, -0.25) is 9.10 Å². The minimum Gasteiger partial charge on any atom is -0.345 e. The van der Waals surface area contributed by atoms with Gasteiger partial charge >= 0.3 is 0 Å². The van der Waals surface area contributed by atoms with Crippen LogP contribution >= 0.6 is 0 Å². The molecule has 3 rings (SSSR count). The van der Waals surface area contributed by atoms with Gasteiger partial charge in [0.1, 0.15) is 0 Å². The topological polar surface area (TPSA) is 66.5 Å². The van der Waals surface area contributed by atoms with Crippen LogP contribution in [0.4, 0.5) is 5.69 Å². The third-order valence-corrected chi connectivity index (χ3v) is 6.32. The standard InChI is InChI=1S/C22H22N2O3S/c1-17(18-11-5-3-6-12-18)23-22(25)20-15-9-10-16-21(20)24(2)28(26,27)19-13-7-4-8-14-19/h3-17H,1-2H3,(H,23,25)/t17-/m0/s1. The van der Waals surface area contributed by atoms with Crippen LogP contribution in [0.15, 0.2) is 89.8 Å². The van der Waals surface area contributed by atoms with Crippen molar-refractivity contribution in [3.63, 3.8) is 0 Å². The summed E-state index contributed by atoms with van der Waals surface area (Å²) in [7, 11) is -2.32. The molecule has 0 spiro atoms. The van der Waals surface area contributed by atoms with Gasteiger partial charge in [0.05, 0.1) is 22.2 Å². The lowest BCUT2D eigenvalue weighted by Gasteiger charge is -2.23. The van der Waals surface area contributed by atoms with Gasteiger partial charge in [-0.2, -0.15) is 0 Å². The molecule has 0 saturated heterocycles. The number of para-hydroxylation sites is 1. The maximum atomic E-state index is 12.9. The third-order valence-electron chi connectivity index (χ3n) is 4.54. The van der Waals surface area contributed by atoms with Crippen molar-refractivity contribution in [2.45, 2.75) is 17.9 Å². The molecule has 0 unspecified atom stereocenters. The SMILES string of the molecule is C[C@H](NC(=O)c1ccccc1N(C)S(=O)(=O)c1ccccc1)c1ccccc1. The number of benzene rings is 3. The van der Waals surface area contributed by atoms with E-state index in [0.717, 1.165) is 9.87 Å². The fraction of sp³-hybridized carbons (Fsp3) is 0.136. The van der Waals surface area contributed by atoms with Gasteiger partial charge in [-0.05, 0) is 36.8 Å². The van der Waals surface area contributed by atoms with E-state index in [1.165, 1.54) is 19.2 Å². The lowest BCUT2D eigenvalue weighted by molar-refractivity contribution is 0.0940. The van der Waals surface area contributed by atoms with Crippen LogP contribution in [0.1, 0.15) is 28.9 Å². The Bertz CT molecular complexity index is 1050. The number of hydrogen-bond donors (Lipinski definition) is 1. The molecule has 1 amide bonds. The molecule has 0 heterocycles. The molecule has 0 aliphatic carbocycles. The quantitative estimate of drug-likeness (QED) is 0.687. The molecule has 0 radical (unpaired) electrons. The van der Waals surface area contributed by atoms with Crippen molar-refractivity contribution >= 4 is 21.6 Å². The summed E-state index contributed by atoms with van der Waals surface area (Å²) in [5.41, 5.74) is 1.59. The number of anilines is 1. The Kier molecular flexibility index (Phi) is 5.80. The molecule has 0 aliphatic rings. The lowest BCUT2D eigenvalue weighted by Crippen LogP contribution is -2.31. The first kappa shape index (κ1) is 19.6. The van der Waals surface area contributed by atoms with Gasteiger partial charge in [0.25, 0.3) is 15.9 Å². The first-order chi connectivity index (χ1) is 13.4. The molecule has 144 valence electrons. The average Bonchev–Trinajstić information content (AvgIpc) is 2.74. The normalized spacial score (nSPS) is 12.2. The molecular weight excluding hydrogens is 372 g/mol. The van der Waals surface area contributed by atoms with E-state index in [0.29, 0.717) is 11.3 Å². The van der Waals surface area contributed by atoms with Crippen LogP contribution in [-0.4, -0.2) is 21.4 Å². The molecule has 0 aromatic heterocycles. The highest BCUT2D eigenvalue weighted by Crippen LogP contribution is 2.26. The fourth-order valence-electron chi connectivity index (χ4n) is 2.92. The largest absolute Gasteiger partial charge is 0.345 e. The minimum absolute atomic E-state index is 0.172. The molecule has 3 aromatic rings. The Balaban J connectivity index is 1.90. The maximum absolute atomic E-state index is 12.9. The molecule has 5 nitrogen and oxygen atoms in total. The van der Waals surface area contributed by atoms with E-state index in [1.807, 2.05) is 37.3 Å². The number of rotatable bonds is 6. The summed E-state index contributed by atoms with van der Waals surface area (Å²) in [6, 6.07) is 24.2. The summed E-state index contributed by atoms with van der Waals surface area (Å²) < 4.78 is 27.0. The van der Waals surface area contributed by atoms with Crippen LogP contribution in [0.25, 0.3) is 0 Å². The van der Waals surface area contributed by atoms with E-state index in [1.54, 1.807) is 42.5 Å². The molecule has 28 heavy (non-hydrogen) atoms. The van der Waals surface area contributed by atoms with Crippen molar-refractivity contribution in [3.8, 4) is 0 Å². The highest BCUT2D eigenvalue weighted by Gasteiger charge is 2.25. The Morgan fingerprint density at radius 2 is 1.39 bits per heavy atom. The zero-order chi connectivity index (χ0) is 20.1. The number of hydrogen-bond acceptors (Lipinski definition) is 3. The summed E-state index contributed by atoms with van der Waals surface area (Å²) in [6.45, 7) is 1.89. The monoisotopic (exact) mass is 394 g/mol. The van der Waals surface area contributed by atoms with Crippen molar-refractivity contribution < 1.29 is 13.2 Å². The van der Waals surface area contributed by atoms with Gasteiger partial charge in [-0.1, -0.05) is 60.7 Å². The van der Waals surface area contributed by atoms with E-state index >= 15 is 0 Å². The molecule has 0 bridgehead atoms. The number of amides is 1. The molecule has 0 fully saturated rings. The second-order valence-corrected chi connectivity index (χ2v) is 8.38. The maximum Gasteiger partial charge on any atom is 0.264 e. The first-order valence-electron chi connectivity index (χ1n) is 8.90. The Morgan fingerprint density at radius 1 is 0.857 bits per heavy atom. The number of carbonyl (C=O) groups excluding carboxylic acids is 1. The van der Waals surface area contributed by atoms with Crippen LogP contribution in [0.5, 0.6) is 0 Å². The Labute approximate surface area is 165 Å². The van der Waals surface area contributed by atoms with Crippen molar-refractivity contribution in [2.75, 3.05) is 11.4 Å². The molecule has 1 N–H and O–H groups in total. The minimum atomic E-state index is -3.78. The van der Waals surface area contributed by atoms with E-state index in [9.17, 15) is 13.2 Å². The molecular formula is C22H22N2O3S. The highest BCUT2D eigenvalue weighted by atomic mass is 32.2. The van der Waals surface area contributed by atoms with Crippen LogP contribution < -0.4 is 9.62 Å². The van der Waals surface area contributed by atoms with Gasteiger partial charge in [-0.15, -0.1) is 0 Å². The molecule has 0 saturated carbocycles. The van der Waals surface area contributed by atoms with E-state index in [2.05, 4.69) is 5.32 Å². The molecule has 6 heteroatoms. The number of nitrogens with zero attached hydrogens (tertiary/aromatic N) is 1. The second kappa shape index (κ2) is 8.27. The van der Waals surface area contributed by atoms with Crippen LogP contribution in [0.3, 0.4) is 0 Å². The molecule has 3 aromatic carbocycles. The van der Waals surface area contributed by atoms with Gasteiger partial charge in [-0.25, -0.2) is 8.42 Å². The van der Waals surface area contributed by atoms with Gasteiger partial charge in [0.15, 0.2) is 0 Å².